The fourth-order valence-corrected chi connectivity index (χ4v) is 1.29. The van der Waals surface area contributed by atoms with Gasteiger partial charge in [0.2, 0.25) is 0 Å². The Labute approximate surface area is 107 Å². The highest BCUT2D eigenvalue weighted by atomic mass is 19.1. The first-order chi connectivity index (χ1) is 8.93. The molecule has 0 bridgehead atoms. The fourth-order valence-electron chi connectivity index (χ4n) is 1.29. The number of hydrogen-bond acceptors (Lipinski definition) is 3. The van der Waals surface area contributed by atoms with Crippen LogP contribution in [0.2, 0.25) is 0 Å². The summed E-state index contributed by atoms with van der Waals surface area (Å²) in [6.07, 6.45) is -0.251. The number of benzene rings is 1. The van der Waals surface area contributed by atoms with Crippen LogP contribution < -0.4 is 15.4 Å². The molecule has 0 fully saturated rings. The van der Waals surface area contributed by atoms with Crippen molar-refractivity contribution in [2.45, 2.75) is 6.42 Å². The molecule has 0 spiro atoms. The summed E-state index contributed by atoms with van der Waals surface area (Å²) < 4.78 is 31.1. The van der Waals surface area contributed by atoms with E-state index >= 15 is 0 Å². The maximum absolute atomic E-state index is 13.3. The summed E-state index contributed by atoms with van der Waals surface area (Å²) in [5, 5.41) is 12.8. The minimum Gasteiger partial charge on any atom is -0.491 e. The number of hydrogen-bond donors (Lipinski definition) is 3. The third-order valence-electron chi connectivity index (χ3n) is 2.08. The standard InChI is InChI=1S/C11H12F2N2O4/c1-19-10-7(12)4-6(5-8(10)13)15-11(18)14-3-2-9(16)17/h4-5H,2-3H2,1H3,(H,16,17)(H2,14,15,18). The van der Waals surface area contributed by atoms with Gasteiger partial charge in [0.15, 0.2) is 17.4 Å². The predicted molar refractivity (Wildman–Crippen MR) is 62.2 cm³/mol. The molecule has 0 unspecified atom stereocenters. The number of carboxylic acid groups (broad SMARTS) is 1. The average molecular weight is 274 g/mol. The number of ether oxygens (including phenoxy) is 1. The summed E-state index contributed by atoms with van der Waals surface area (Å²) in [7, 11) is 1.12. The average Bonchev–Trinajstić information content (AvgIpc) is 2.27. The molecular weight excluding hydrogens is 262 g/mol. The molecule has 6 nitrogen and oxygen atoms in total. The summed E-state index contributed by atoms with van der Waals surface area (Å²) in [6.45, 7) is -0.0950. The molecule has 1 aromatic rings. The van der Waals surface area contributed by atoms with E-state index in [0.29, 0.717) is 0 Å². The van der Waals surface area contributed by atoms with Crippen LogP contribution in [0, 0.1) is 11.6 Å². The zero-order valence-electron chi connectivity index (χ0n) is 10.00. The zero-order chi connectivity index (χ0) is 14.4. The van der Waals surface area contributed by atoms with Crippen LogP contribution in [0.4, 0.5) is 19.3 Å². The van der Waals surface area contributed by atoms with Gasteiger partial charge in [-0.1, -0.05) is 0 Å². The number of aliphatic carboxylic acids is 1. The van der Waals surface area contributed by atoms with Gasteiger partial charge in [-0.25, -0.2) is 13.6 Å². The SMILES string of the molecule is COc1c(F)cc(NC(=O)NCCC(=O)O)cc1F. The van der Waals surface area contributed by atoms with Gasteiger partial charge in [-0.15, -0.1) is 0 Å². The second kappa shape index (κ2) is 6.53. The second-order valence-electron chi connectivity index (χ2n) is 3.50. The van der Waals surface area contributed by atoms with E-state index in [0.717, 1.165) is 19.2 Å². The molecule has 0 radical (unpaired) electrons. The van der Waals surface area contributed by atoms with E-state index in [2.05, 4.69) is 15.4 Å². The van der Waals surface area contributed by atoms with E-state index < -0.39 is 29.4 Å². The van der Waals surface area contributed by atoms with Gasteiger partial charge in [0.05, 0.1) is 13.5 Å². The first-order valence-electron chi connectivity index (χ1n) is 5.23. The molecule has 0 aliphatic rings. The van der Waals surface area contributed by atoms with Crippen LogP contribution in [0.3, 0.4) is 0 Å². The van der Waals surface area contributed by atoms with E-state index in [9.17, 15) is 18.4 Å². The van der Waals surface area contributed by atoms with Gasteiger partial charge in [-0.2, -0.15) is 0 Å². The number of carboxylic acids is 1. The van der Waals surface area contributed by atoms with Crippen LogP contribution in [0.15, 0.2) is 12.1 Å². The van der Waals surface area contributed by atoms with Gasteiger partial charge in [0, 0.05) is 24.4 Å². The number of halogens is 2. The summed E-state index contributed by atoms with van der Waals surface area (Å²) in [5.41, 5.74) is -0.108. The highest BCUT2D eigenvalue weighted by Crippen LogP contribution is 2.25. The molecule has 19 heavy (non-hydrogen) atoms. The maximum atomic E-state index is 13.3. The minimum atomic E-state index is -1.07. The van der Waals surface area contributed by atoms with Crippen molar-refractivity contribution < 1.29 is 28.2 Å². The third kappa shape index (κ3) is 4.41. The Morgan fingerprint density at radius 1 is 1.32 bits per heavy atom. The van der Waals surface area contributed by atoms with Gasteiger partial charge in [0.25, 0.3) is 0 Å². The molecular formula is C11H12F2N2O4. The van der Waals surface area contributed by atoms with Crippen LogP contribution in [-0.4, -0.2) is 30.8 Å². The van der Waals surface area contributed by atoms with Crippen molar-refractivity contribution in [3.8, 4) is 5.75 Å². The number of rotatable bonds is 5. The molecule has 0 saturated heterocycles. The second-order valence-corrected chi connectivity index (χ2v) is 3.50. The Morgan fingerprint density at radius 3 is 2.37 bits per heavy atom. The van der Waals surface area contributed by atoms with Gasteiger partial charge in [0.1, 0.15) is 0 Å². The summed E-state index contributed by atoms with van der Waals surface area (Å²) in [6, 6.07) is 1.02. The highest BCUT2D eigenvalue weighted by molar-refractivity contribution is 5.89. The Balaban J connectivity index is 2.62. The molecule has 1 aromatic carbocycles. The summed E-state index contributed by atoms with van der Waals surface area (Å²) >= 11 is 0. The van der Waals surface area contributed by atoms with E-state index in [1.54, 1.807) is 0 Å². The van der Waals surface area contributed by atoms with E-state index in [-0.39, 0.29) is 18.7 Å². The van der Waals surface area contributed by atoms with Gasteiger partial charge < -0.3 is 20.5 Å². The Hall–Kier alpha value is -2.38. The van der Waals surface area contributed by atoms with Gasteiger partial charge >= 0.3 is 12.0 Å². The minimum absolute atomic E-state index is 0.0950. The van der Waals surface area contributed by atoms with Crippen LogP contribution >= 0.6 is 0 Å². The molecule has 0 aliphatic carbocycles. The first kappa shape index (κ1) is 14.7. The molecule has 0 saturated carbocycles. The van der Waals surface area contributed by atoms with Crippen molar-refractivity contribution in [3.05, 3.63) is 23.8 Å². The maximum Gasteiger partial charge on any atom is 0.319 e. The quantitative estimate of drug-likeness (QED) is 0.760. The van der Waals surface area contributed by atoms with E-state index in [1.807, 2.05) is 0 Å². The smallest absolute Gasteiger partial charge is 0.319 e. The number of methoxy groups -OCH3 is 1. The topological polar surface area (TPSA) is 87.7 Å². The summed E-state index contributed by atoms with van der Waals surface area (Å²) in [4.78, 5) is 21.5. The van der Waals surface area contributed by atoms with Crippen LogP contribution in [0.1, 0.15) is 6.42 Å². The number of carbonyl (C=O) groups is 2. The lowest BCUT2D eigenvalue weighted by molar-refractivity contribution is -0.136. The number of urea groups is 1. The van der Waals surface area contributed by atoms with Crippen molar-refractivity contribution in [2.24, 2.45) is 0 Å². The first-order valence-corrected chi connectivity index (χ1v) is 5.23. The molecule has 2 amide bonds. The molecule has 0 aromatic heterocycles. The van der Waals surface area contributed by atoms with Crippen LogP contribution in [0.25, 0.3) is 0 Å². The van der Waals surface area contributed by atoms with Crippen LogP contribution in [-0.2, 0) is 4.79 Å². The lowest BCUT2D eigenvalue weighted by atomic mass is 10.2. The Morgan fingerprint density at radius 2 is 1.89 bits per heavy atom. The molecule has 0 atom stereocenters. The third-order valence-corrected chi connectivity index (χ3v) is 2.08. The molecule has 8 heteroatoms. The monoisotopic (exact) mass is 274 g/mol. The summed E-state index contributed by atoms with van der Waals surface area (Å²) in [5.74, 6) is -3.52. The zero-order valence-corrected chi connectivity index (χ0v) is 10.00. The Bertz CT molecular complexity index is 471. The van der Waals surface area contributed by atoms with Crippen molar-refractivity contribution >= 4 is 17.7 Å². The predicted octanol–water partition coefficient (Wildman–Crippen LogP) is 1.57. The van der Waals surface area contributed by atoms with Crippen molar-refractivity contribution in [2.75, 3.05) is 19.0 Å². The lowest BCUT2D eigenvalue weighted by Gasteiger charge is -2.09. The lowest BCUT2D eigenvalue weighted by Crippen LogP contribution is -2.30. The molecule has 0 aliphatic heterocycles. The Kier molecular flexibility index (Phi) is 5.04. The van der Waals surface area contributed by atoms with Crippen LogP contribution in [0.5, 0.6) is 5.75 Å². The van der Waals surface area contributed by atoms with E-state index in [4.69, 9.17) is 5.11 Å². The molecule has 1 rings (SSSR count). The molecule has 104 valence electrons. The highest BCUT2D eigenvalue weighted by Gasteiger charge is 2.12. The van der Waals surface area contributed by atoms with Crippen molar-refractivity contribution in [1.82, 2.24) is 5.32 Å². The van der Waals surface area contributed by atoms with Gasteiger partial charge in [-0.3, -0.25) is 4.79 Å². The molecule has 0 heterocycles. The largest absolute Gasteiger partial charge is 0.491 e. The molecule has 3 N–H and O–H groups in total. The fraction of sp³-hybridized carbons (Fsp3) is 0.273. The number of amides is 2. The van der Waals surface area contributed by atoms with Crippen molar-refractivity contribution in [3.63, 3.8) is 0 Å². The van der Waals surface area contributed by atoms with E-state index in [1.165, 1.54) is 0 Å². The van der Waals surface area contributed by atoms with Crippen molar-refractivity contribution in [1.29, 1.82) is 0 Å². The normalized spacial score (nSPS) is 9.84. The number of nitrogens with one attached hydrogen (secondary N) is 2. The van der Waals surface area contributed by atoms with Gasteiger partial charge in [-0.05, 0) is 0 Å². The number of anilines is 1. The number of carbonyl (C=O) groups excluding carboxylic acids is 1.